The number of rotatable bonds is 4. The Kier molecular flexibility index (Phi) is 4.99. The number of hydrogen-bond acceptors (Lipinski definition) is 4. The highest BCUT2D eigenvalue weighted by Crippen LogP contribution is 2.30. The van der Waals surface area contributed by atoms with Gasteiger partial charge in [0.1, 0.15) is 0 Å². The number of carbonyl (C=O) groups excluding carboxylic acids is 1. The molecule has 1 amide bonds. The van der Waals surface area contributed by atoms with Crippen LogP contribution in [0.15, 0.2) is 29.2 Å². The van der Waals surface area contributed by atoms with Crippen LogP contribution in [0.1, 0.15) is 38.5 Å². The van der Waals surface area contributed by atoms with Crippen molar-refractivity contribution in [2.75, 3.05) is 18.4 Å². The smallest absolute Gasteiger partial charge is 0.265 e. The van der Waals surface area contributed by atoms with E-state index < -0.39 is 10.0 Å². The normalized spacial score (nSPS) is 15.5. The fourth-order valence-corrected chi connectivity index (χ4v) is 5.89. The number of thiophene rings is 1. The van der Waals surface area contributed by atoms with Gasteiger partial charge in [-0.3, -0.25) is 4.79 Å². The van der Waals surface area contributed by atoms with E-state index in [-0.39, 0.29) is 10.8 Å². The Bertz CT molecular complexity index is 910. The van der Waals surface area contributed by atoms with Gasteiger partial charge in [0.2, 0.25) is 10.0 Å². The fourth-order valence-electron chi connectivity index (χ4n) is 2.91. The summed E-state index contributed by atoms with van der Waals surface area (Å²) in [6.45, 7) is 6.87. The van der Waals surface area contributed by atoms with Gasteiger partial charge in [-0.1, -0.05) is 6.07 Å². The van der Waals surface area contributed by atoms with Crippen molar-refractivity contribution < 1.29 is 13.2 Å². The number of sulfonamides is 1. The first-order valence-corrected chi connectivity index (χ1v) is 10.5. The van der Waals surface area contributed by atoms with Crippen LogP contribution in [0.2, 0.25) is 0 Å². The summed E-state index contributed by atoms with van der Waals surface area (Å²) in [6, 6.07) is 7.22. The number of nitrogens with one attached hydrogen (secondary N) is 1. The van der Waals surface area contributed by atoms with Gasteiger partial charge in [0.05, 0.1) is 9.77 Å². The maximum Gasteiger partial charge on any atom is 0.265 e. The quantitative estimate of drug-likeness (QED) is 0.882. The monoisotopic (exact) mass is 378 g/mol. The largest absolute Gasteiger partial charge is 0.321 e. The highest BCUT2D eigenvalue weighted by molar-refractivity contribution is 7.89. The van der Waals surface area contributed by atoms with E-state index >= 15 is 0 Å². The number of aryl methyl sites for hydroxylation is 3. The van der Waals surface area contributed by atoms with Crippen LogP contribution in [0.3, 0.4) is 0 Å². The maximum atomic E-state index is 12.7. The minimum absolute atomic E-state index is 0.254. The van der Waals surface area contributed by atoms with E-state index in [1.807, 2.05) is 32.0 Å². The van der Waals surface area contributed by atoms with Gasteiger partial charge in [-0.15, -0.1) is 11.3 Å². The van der Waals surface area contributed by atoms with Gasteiger partial charge >= 0.3 is 0 Å². The average Bonchev–Trinajstić information content (AvgIpc) is 3.21. The van der Waals surface area contributed by atoms with Gasteiger partial charge in [0, 0.05) is 23.7 Å². The third kappa shape index (κ3) is 3.63. The van der Waals surface area contributed by atoms with Crippen molar-refractivity contribution in [2.45, 2.75) is 38.5 Å². The minimum atomic E-state index is -3.50. The third-order valence-electron chi connectivity index (χ3n) is 4.54. The molecule has 0 aliphatic carbocycles. The zero-order valence-electron chi connectivity index (χ0n) is 14.6. The molecule has 7 heteroatoms. The molecule has 3 rings (SSSR count). The minimum Gasteiger partial charge on any atom is -0.321 e. The lowest BCUT2D eigenvalue weighted by molar-refractivity contribution is 0.103. The molecule has 0 spiro atoms. The number of anilines is 1. The Hall–Kier alpha value is -1.70. The van der Waals surface area contributed by atoms with Crippen molar-refractivity contribution >= 4 is 33.0 Å². The van der Waals surface area contributed by atoms with E-state index in [0.717, 1.165) is 24.0 Å². The first-order chi connectivity index (χ1) is 11.8. The van der Waals surface area contributed by atoms with E-state index in [1.165, 1.54) is 21.7 Å². The molecule has 1 N–H and O–H groups in total. The Labute approximate surface area is 152 Å². The fraction of sp³-hybridized carbons (Fsp3) is 0.389. The zero-order chi connectivity index (χ0) is 18.2. The first-order valence-electron chi connectivity index (χ1n) is 8.28. The number of amides is 1. The second-order valence-electron chi connectivity index (χ2n) is 6.40. The summed E-state index contributed by atoms with van der Waals surface area (Å²) in [6.07, 6.45) is 1.78. The molecule has 1 aromatic heterocycles. The molecule has 0 radical (unpaired) electrons. The predicted octanol–water partition coefficient (Wildman–Crippen LogP) is 3.71. The number of carbonyl (C=O) groups is 1. The Balaban J connectivity index is 1.84. The number of nitrogens with zero attached hydrogens (tertiary/aromatic N) is 1. The Morgan fingerprint density at radius 2 is 1.76 bits per heavy atom. The Morgan fingerprint density at radius 1 is 1.08 bits per heavy atom. The highest BCUT2D eigenvalue weighted by atomic mass is 32.2. The first kappa shape index (κ1) is 18.1. The highest BCUT2D eigenvalue weighted by Gasteiger charge is 2.30. The van der Waals surface area contributed by atoms with E-state index in [9.17, 15) is 13.2 Å². The molecule has 1 saturated heterocycles. The van der Waals surface area contributed by atoms with Crippen LogP contribution in [0.25, 0.3) is 0 Å². The summed E-state index contributed by atoms with van der Waals surface area (Å²) in [4.78, 5) is 13.8. The summed E-state index contributed by atoms with van der Waals surface area (Å²) in [5.41, 5.74) is 2.96. The molecule has 0 saturated carbocycles. The van der Waals surface area contributed by atoms with Crippen LogP contribution in [0.5, 0.6) is 0 Å². The van der Waals surface area contributed by atoms with Gasteiger partial charge in [-0.25, -0.2) is 8.42 Å². The maximum absolute atomic E-state index is 12.7. The van der Waals surface area contributed by atoms with E-state index in [4.69, 9.17) is 0 Å². The van der Waals surface area contributed by atoms with Crippen LogP contribution < -0.4 is 5.32 Å². The van der Waals surface area contributed by atoms with Crippen LogP contribution in [-0.4, -0.2) is 31.7 Å². The molecular weight excluding hydrogens is 356 g/mol. The molecule has 1 aromatic carbocycles. The van der Waals surface area contributed by atoms with E-state index in [2.05, 4.69) is 5.32 Å². The second-order valence-corrected chi connectivity index (χ2v) is 9.56. The van der Waals surface area contributed by atoms with Crippen molar-refractivity contribution in [3.8, 4) is 0 Å². The molecule has 1 aliphatic heterocycles. The van der Waals surface area contributed by atoms with E-state index in [1.54, 1.807) is 6.92 Å². The van der Waals surface area contributed by atoms with E-state index in [0.29, 0.717) is 28.5 Å². The van der Waals surface area contributed by atoms with Crippen molar-refractivity contribution in [3.63, 3.8) is 0 Å². The molecule has 2 heterocycles. The summed E-state index contributed by atoms with van der Waals surface area (Å²) < 4.78 is 27.0. The van der Waals surface area contributed by atoms with Crippen LogP contribution in [0.4, 0.5) is 5.69 Å². The molecule has 134 valence electrons. The molecular formula is C18H22N2O3S2. The standard InChI is InChI=1S/C18H22N2O3S2/c1-12-6-7-15(10-13(12)2)19-18(21)16-11-17(14(3)24-16)25(22,23)20-8-4-5-9-20/h6-7,10-11H,4-5,8-9H2,1-3H3,(H,19,21). The van der Waals surface area contributed by atoms with Crippen molar-refractivity contribution in [1.29, 1.82) is 0 Å². The summed E-state index contributed by atoms with van der Waals surface area (Å²) in [7, 11) is -3.50. The van der Waals surface area contributed by atoms with Crippen LogP contribution in [-0.2, 0) is 10.0 Å². The molecule has 1 aliphatic rings. The van der Waals surface area contributed by atoms with Gasteiger partial charge in [0.15, 0.2) is 0 Å². The molecule has 0 bridgehead atoms. The average molecular weight is 379 g/mol. The van der Waals surface area contributed by atoms with Crippen molar-refractivity contribution in [1.82, 2.24) is 4.31 Å². The summed E-state index contributed by atoms with van der Waals surface area (Å²) in [5.74, 6) is -0.278. The molecule has 25 heavy (non-hydrogen) atoms. The lowest BCUT2D eigenvalue weighted by Crippen LogP contribution is -2.28. The van der Waals surface area contributed by atoms with Crippen LogP contribution in [0, 0.1) is 20.8 Å². The molecule has 5 nitrogen and oxygen atoms in total. The summed E-state index contributed by atoms with van der Waals surface area (Å²) in [5, 5.41) is 2.85. The lowest BCUT2D eigenvalue weighted by Gasteiger charge is -2.14. The van der Waals surface area contributed by atoms with Gasteiger partial charge in [-0.2, -0.15) is 4.31 Å². The van der Waals surface area contributed by atoms with Gasteiger partial charge in [0.25, 0.3) is 5.91 Å². The van der Waals surface area contributed by atoms with Crippen molar-refractivity contribution in [3.05, 3.63) is 45.1 Å². The lowest BCUT2D eigenvalue weighted by atomic mass is 10.1. The topological polar surface area (TPSA) is 66.5 Å². The van der Waals surface area contributed by atoms with Crippen LogP contribution >= 0.6 is 11.3 Å². The Morgan fingerprint density at radius 3 is 2.40 bits per heavy atom. The predicted molar refractivity (Wildman–Crippen MR) is 101 cm³/mol. The molecule has 0 unspecified atom stereocenters. The zero-order valence-corrected chi connectivity index (χ0v) is 16.3. The summed E-state index contributed by atoms with van der Waals surface area (Å²) >= 11 is 1.22. The van der Waals surface area contributed by atoms with Crippen molar-refractivity contribution in [2.24, 2.45) is 0 Å². The molecule has 1 fully saturated rings. The second kappa shape index (κ2) is 6.90. The SMILES string of the molecule is Cc1ccc(NC(=O)c2cc(S(=O)(=O)N3CCCC3)c(C)s2)cc1C. The number of benzene rings is 1. The van der Waals surface area contributed by atoms with Gasteiger partial charge in [-0.05, 0) is 62.9 Å². The van der Waals surface area contributed by atoms with Gasteiger partial charge < -0.3 is 5.32 Å². The third-order valence-corrected chi connectivity index (χ3v) is 7.75. The number of hydrogen-bond donors (Lipinski definition) is 1. The molecule has 2 aromatic rings. The molecule has 0 atom stereocenters.